The van der Waals surface area contributed by atoms with E-state index in [1.165, 1.54) is 12.1 Å². The fourth-order valence-electron chi connectivity index (χ4n) is 2.80. The molecule has 1 atom stereocenters. The second kappa shape index (κ2) is 8.65. The fraction of sp³-hybridized carbons (Fsp3) is 0.286. The average molecular weight is 383 g/mol. The molecule has 0 aromatic heterocycles. The van der Waals surface area contributed by atoms with Crippen LogP contribution in [0.2, 0.25) is 0 Å². The number of carbonyl (C=O) groups is 2. The number of anilines is 2. The monoisotopic (exact) mass is 383 g/mol. The highest BCUT2D eigenvalue weighted by atomic mass is 19.1. The van der Waals surface area contributed by atoms with Crippen molar-refractivity contribution in [1.29, 1.82) is 0 Å². The second-order valence-corrected chi connectivity index (χ2v) is 7.06. The van der Waals surface area contributed by atoms with Crippen molar-refractivity contribution in [2.45, 2.75) is 32.8 Å². The van der Waals surface area contributed by atoms with E-state index >= 15 is 0 Å². The Morgan fingerprint density at radius 3 is 2.46 bits per heavy atom. The van der Waals surface area contributed by atoms with Gasteiger partial charge >= 0.3 is 0 Å². The van der Waals surface area contributed by atoms with E-state index in [-0.39, 0.29) is 30.0 Å². The van der Waals surface area contributed by atoms with Gasteiger partial charge in [-0.05, 0) is 42.3 Å². The van der Waals surface area contributed by atoms with Crippen LogP contribution in [-0.2, 0) is 14.4 Å². The minimum absolute atomic E-state index is 0.0480. The molecule has 3 rings (SSSR count). The Labute approximate surface area is 162 Å². The Hall–Kier alpha value is -3.22. The van der Waals surface area contributed by atoms with Crippen molar-refractivity contribution in [3.8, 4) is 0 Å². The molecule has 1 aliphatic heterocycles. The van der Waals surface area contributed by atoms with Gasteiger partial charge in [0.05, 0.1) is 5.71 Å². The zero-order chi connectivity index (χ0) is 20.1. The van der Waals surface area contributed by atoms with Crippen molar-refractivity contribution in [3.05, 3.63) is 59.9 Å². The molecule has 0 saturated carbocycles. The molecule has 2 amide bonds. The smallest absolute Gasteiger partial charge is 0.268 e. The first kappa shape index (κ1) is 19.5. The lowest BCUT2D eigenvalue weighted by atomic mass is 10.0. The topological polar surface area (TPSA) is 79.8 Å². The zero-order valence-electron chi connectivity index (χ0n) is 15.7. The van der Waals surface area contributed by atoms with Crippen LogP contribution >= 0.6 is 0 Å². The van der Waals surface area contributed by atoms with Gasteiger partial charge in [0.2, 0.25) is 12.0 Å². The van der Waals surface area contributed by atoms with Crippen LogP contribution in [0.15, 0.2) is 53.7 Å². The summed E-state index contributed by atoms with van der Waals surface area (Å²) in [5.74, 6) is -0.474. The Morgan fingerprint density at radius 1 is 1.14 bits per heavy atom. The first-order valence-electron chi connectivity index (χ1n) is 9.10. The molecule has 146 valence electrons. The maximum Gasteiger partial charge on any atom is 0.268 e. The molecule has 2 N–H and O–H groups in total. The Balaban J connectivity index is 1.53. The molecule has 0 radical (unpaired) electrons. The Morgan fingerprint density at radius 2 is 1.82 bits per heavy atom. The summed E-state index contributed by atoms with van der Waals surface area (Å²) in [4.78, 5) is 29.4. The number of nitrogens with zero attached hydrogens (tertiary/aromatic N) is 1. The standard InChI is InChI=1S/C21H22FN3O3/c1-13(2)10-20(26)23-16-6-8-17(9-7-16)24-21(27)19-12-18(25-28-19)14-4-3-5-15(22)11-14/h3-9,11,13,19H,10,12H2,1-2H3,(H,23,26)(H,24,27). The summed E-state index contributed by atoms with van der Waals surface area (Å²) in [5, 5.41) is 9.47. The summed E-state index contributed by atoms with van der Waals surface area (Å²) in [6, 6.07) is 12.8. The first-order valence-corrected chi connectivity index (χ1v) is 9.10. The molecule has 0 aliphatic carbocycles. The van der Waals surface area contributed by atoms with Crippen LogP contribution in [0.25, 0.3) is 0 Å². The highest BCUT2D eigenvalue weighted by molar-refractivity contribution is 6.06. The van der Waals surface area contributed by atoms with Crippen molar-refractivity contribution in [1.82, 2.24) is 0 Å². The summed E-state index contributed by atoms with van der Waals surface area (Å²) in [5.41, 5.74) is 2.37. The molecule has 0 saturated heterocycles. The summed E-state index contributed by atoms with van der Waals surface area (Å²) < 4.78 is 13.3. The van der Waals surface area contributed by atoms with E-state index in [0.29, 0.717) is 29.1 Å². The molecule has 6 nitrogen and oxygen atoms in total. The van der Waals surface area contributed by atoms with E-state index in [9.17, 15) is 14.0 Å². The van der Waals surface area contributed by atoms with Gasteiger partial charge in [0.25, 0.3) is 5.91 Å². The van der Waals surface area contributed by atoms with Gasteiger partial charge in [0.1, 0.15) is 5.82 Å². The minimum atomic E-state index is -0.774. The van der Waals surface area contributed by atoms with E-state index in [0.717, 1.165) is 0 Å². The summed E-state index contributed by atoms with van der Waals surface area (Å²) in [6.07, 6.45) is -0.0623. The van der Waals surface area contributed by atoms with Crippen LogP contribution < -0.4 is 10.6 Å². The Kier molecular flexibility index (Phi) is 6.03. The van der Waals surface area contributed by atoms with Gasteiger partial charge in [0.15, 0.2) is 0 Å². The molecule has 28 heavy (non-hydrogen) atoms. The van der Waals surface area contributed by atoms with E-state index in [4.69, 9.17) is 4.84 Å². The van der Waals surface area contributed by atoms with Crippen LogP contribution in [0, 0.1) is 11.7 Å². The van der Waals surface area contributed by atoms with E-state index in [1.54, 1.807) is 36.4 Å². The third-order valence-electron chi connectivity index (χ3n) is 4.15. The number of rotatable bonds is 6. The number of nitrogens with one attached hydrogen (secondary N) is 2. The number of halogens is 1. The van der Waals surface area contributed by atoms with E-state index < -0.39 is 6.10 Å². The third-order valence-corrected chi connectivity index (χ3v) is 4.15. The lowest BCUT2D eigenvalue weighted by Crippen LogP contribution is -2.28. The molecule has 1 aliphatic rings. The summed E-state index contributed by atoms with van der Waals surface area (Å²) >= 11 is 0. The normalized spacial score (nSPS) is 15.7. The Bertz CT molecular complexity index is 894. The van der Waals surface area contributed by atoms with Gasteiger partial charge in [0, 0.05) is 29.8 Å². The molecule has 0 fully saturated rings. The average Bonchev–Trinajstić information content (AvgIpc) is 3.13. The van der Waals surface area contributed by atoms with Gasteiger partial charge in [-0.2, -0.15) is 0 Å². The lowest BCUT2D eigenvalue weighted by Gasteiger charge is -2.11. The largest absolute Gasteiger partial charge is 0.382 e. The predicted molar refractivity (Wildman–Crippen MR) is 106 cm³/mol. The number of hydrogen-bond donors (Lipinski definition) is 2. The molecule has 1 unspecified atom stereocenters. The van der Waals surface area contributed by atoms with Crippen LogP contribution in [0.5, 0.6) is 0 Å². The number of oxime groups is 1. The number of carbonyl (C=O) groups excluding carboxylic acids is 2. The highest BCUT2D eigenvalue weighted by Gasteiger charge is 2.29. The second-order valence-electron chi connectivity index (χ2n) is 7.06. The van der Waals surface area contributed by atoms with E-state index in [2.05, 4.69) is 15.8 Å². The molecule has 1 heterocycles. The van der Waals surface area contributed by atoms with Crippen LogP contribution in [0.3, 0.4) is 0 Å². The van der Waals surface area contributed by atoms with Gasteiger partial charge in [-0.1, -0.05) is 31.1 Å². The maximum absolute atomic E-state index is 13.3. The third kappa shape index (κ3) is 5.16. The van der Waals surface area contributed by atoms with Crippen molar-refractivity contribution in [2.24, 2.45) is 11.1 Å². The number of amides is 2. The van der Waals surface area contributed by atoms with Gasteiger partial charge in [-0.3, -0.25) is 9.59 Å². The molecule has 7 heteroatoms. The van der Waals surface area contributed by atoms with Gasteiger partial charge in [-0.25, -0.2) is 4.39 Å². The lowest BCUT2D eigenvalue weighted by molar-refractivity contribution is -0.125. The molecule has 0 spiro atoms. The van der Waals surface area contributed by atoms with Crippen molar-refractivity contribution in [3.63, 3.8) is 0 Å². The quantitative estimate of drug-likeness (QED) is 0.793. The molecular weight excluding hydrogens is 361 g/mol. The molecule has 2 aromatic carbocycles. The summed E-state index contributed by atoms with van der Waals surface area (Å²) in [6.45, 7) is 3.96. The minimum Gasteiger partial charge on any atom is -0.382 e. The summed E-state index contributed by atoms with van der Waals surface area (Å²) in [7, 11) is 0. The first-order chi connectivity index (χ1) is 13.4. The molecule has 0 bridgehead atoms. The zero-order valence-corrected chi connectivity index (χ0v) is 15.7. The predicted octanol–water partition coefficient (Wildman–Crippen LogP) is 3.94. The van der Waals surface area contributed by atoms with Crippen molar-refractivity contribution < 1.29 is 18.8 Å². The maximum atomic E-state index is 13.3. The van der Waals surface area contributed by atoms with Crippen molar-refractivity contribution >= 4 is 28.9 Å². The number of benzene rings is 2. The number of hydrogen-bond acceptors (Lipinski definition) is 4. The fourth-order valence-corrected chi connectivity index (χ4v) is 2.80. The van der Waals surface area contributed by atoms with Crippen LogP contribution in [0.1, 0.15) is 32.3 Å². The van der Waals surface area contributed by atoms with Gasteiger partial charge < -0.3 is 15.5 Å². The SMILES string of the molecule is CC(C)CC(=O)Nc1ccc(NC(=O)C2CC(c3cccc(F)c3)=NO2)cc1. The van der Waals surface area contributed by atoms with E-state index in [1.807, 2.05) is 13.8 Å². The molecular formula is C21H22FN3O3. The highest BCUT2D eigenvalue weighted by Crippen LogP contribution is 2.20. The van der Waals surface area contributed by atoms with Crippen LogP contribution in [0.4, 0.5) is 15.8 Å². The molecule has 2 aromatic rings. The van der Waals surface area contributed by atoms with Crippen LogP contribution in [-0.4, -0.2) is 23.6 Å². The van der Waals surface area contributed by atoms with Crippen molar-refractivity contribution in [2.75, 3.05) is 10.6 Å². The van der Waals surface area contributed by atoms with Gasteiger partial charge in [-0.15, -0.1) is 0 Å².